The molecule has 1 unspecified atom stereocenters. The van der Waals surface area contributed by atoms with E-state index < -0.39 is 16.1 Å². The Balaban J connectivity index is 1.81. The minimum atomic E-state index is -3.62. The highest BCUT2D eigenvalue weighted by molar-refractivity contribution is 7.90. The van der Waals surface area contributed by atoms with Gasteiger partial charge in [0.2, 0.25) is 5.91 Å². The van der Waals surface area contributed by atoms with Crippen molar-refractivity contribution in [3.63, 3.8) is 0 Å². The van der Waals surface area contributed by atoms with E-state index in [-0.39, 0.29) is 16.6 Å². The van der Waals surface area contributed by atoms with Crippen molar-refractivity contribution in [3.05, 3.63) is 59.9 Å². The van der Waals surface area contributed by atoms with Crippen LogP contribution >= 0.6 is 0 Å². The third-order valence-corrected chi connectivity index (χ3v) is 5.65. The number of pyridine rings is 1. The molecule has 0 fully saturated rings. The molecule has 27 heavy (non-hydrogen) atoms. The molecule has 0 radical (unpaired) electrons. The number of hydrogen-bond acceptors (Lipinski definition) is 5. The third-order valence-electron chi connectivity index (χ3n) is 4.25. The summed E-state index contributed by atoms with van der Waals surface area (Å²) in [4.78, 5) is 21.5. The monoisotopic (exact) mass is 386 g/mol. The van der Waals surface area contributed by atoms with E-state index in [0.717, 1.165) is 18.5 Å². The zero-order chi connectivity index (χ0) is 19.3. The molecular weight excluding hydrogens is 364 g/mol. The van der Waals surface area contributed by atoms with Crippen LogP contribution in [0.4, 0.5) is 0 Å². The number of unbranched alkanes of at least 4 members (excludes halogenated alkanes) is 1. The lowest BCUT2D eigenvalue weighted by Crippen LogP contribution is -2.35. The molecule has 0 saturated carbocycles. The fourth-order valence-electron chi connectivity index (χ4n) is 2.84. The molecule has 142 valence electrons. The summed E-state index contributed by atoms with van der Waals surface area (Å²) in [5.74, 6) is -0.0233. The van der Waals surface area contributed by atoms with Gasteiger partial charge in [-0.15, -0.1) is 0 Å². The number of nitrogens with one attached hydrogen (secondary N) is 2. The molecule has 3 rings (SSSR count). The number of fused-ring (bicyclic) bond motifs is 1. The van der Waals surface area contributed by atoms with Crippen molar-refractivity contribution in [1.82, 2.24) is 15.0 Å². The highest BCUT2D eigenvalue weighted by atomic mass is 32.2. The summed E-state index contributed by atoms with van der Waals surface area (Å²) >= 11 is 0. The predicted molar refractivity (Wildman–Crippen MR) is 103 cm³/mol. The number of carbonyl (C=O) groups excluding carboxylic acids is 1. The number of hydrogen-bond donors (Lipinski definition) is 2. The Kier molecular flexibility index (Phi) is 5.85. The largest absolute Gasteiger partial charge is 0.349 e. The number of sulfonamides is 1. The summed E-state index contributed by atoms with van der Waals surface area (Å²) in [6.45, 7) is 2.33. The molecule has 1 amide bonds. The molecule has 2 heterocycles. The minimum Gasteiger partial charge on any atom is -0.349 e. The van der Waals surface area contributed by atoms with Crippen molar-refractivity contribution in [2.75, 3.05) is 0 Å². The Bertz CT molecular complexity index is 942. The molecule has 0 bridgehead atoms. The van der Waals surface area contributed by atoms with E-state index in [1.165, 1.54) is 6.07 Å². The van der Waals surface area contributed by atoms with Gasteiger partial charge in [0.05, 0.1) is 17.1 Å². The van der Waals surface area contributed by atoms with E-state index in [1.807, 2.05) is 25.1 Å². The first-order chi connectivity index (χ1) is 13.0. The molecule has 8 heteroatoms. The van der Waals surface area contributed by atoms with E-state index in [2.05, 4.69) is 20.0 Å². The molecule has 2 aromatic rings. The lowest BCUT2D eigenvalue weighted by Gasteiger charge is -2.14. The van der Waals surface area contributed by atoms with E-state index in [1.54, 1.807) is 24.4 Å². The van der Waals surface area contributed by atoms with Gasteiger partial charge in [-0.05, 0) is 30.7 Å². The Morgan fingerprint density at radius 3 is 2.74 bits per heavy atom. The van der Waals surface area contributed by atoms with Crippen molar-refractivity contribution < 1.29 is 13.2 Å². The number of amidine groups is 1. The molecule has 7 nitrogen and oxygen atoms in total. The Hall–Kier alpha value is -2.74. The van der Waals surface area contributed by atoms with Crippen molar-refractivity contribution >= 4 is 21.8 Å². The van der Waals surface area contributed by atoms with Gasteiger partial charge in [-0.2, -0.15) is 0 Å². The van der Waals surface area contributed by atoms with Crippen LogP contribution in [0.25, 0.3) is 0 Å². The Morgan fingerprint density at radius 1 is 1.22 bits per heavy atom. The number of rotatable bonds is 7. The van der Waals surface area contributed by atoms with Crippen LogP contribution in [0.1, 0.15) is 37.4 Å². The lowest BCUT2D eigenvalue weighted by molar-refractivity contribution is -0.122. The van der Waals surface area contributed by atoms with E-state index >= 15 is 0 Å². The van der Waals surface area contributed by atoms with Crippen molar-refractivity contribution in [3.8, 4) is 0 Å². The zero-order valence-electron chi connectivity index (χ0n) is 15.1. The quantitative estimate of drug-likeness (QED) is 0.760. The highest BCUT2D eigenvalue weighted by Crippen LogP contribution is 2.23. The van der Waals surface area contributed by atoms with Crippen LogP contribution in [0.5, 0.6) is 0 Å². The zero-order valence-corrected chi connectivity index (χ0v) is 15.9. The van der Waals surface area contributed by atoms with Gasteiger partial charge in [-0.3, -0.25) is 19.5 Å². The highest BCUT2D eigenvalue weighted by Gasteiger charge is 2.31. The molecule has 1 aromatic carbocycles. The van der Waals surface area contributed by atoms with Gasteiger partial charge in [0.25, 0.3) is 10.0 Å². The summed E-state index contributed by atoms with van der Waals surface area (Å²) in [6.07, 6.45) is 3.93. The first-order valence-electron chi connectivity index (χ1n) is 8.89. The van der Waals surface area contributed by atoms with Gasteiger partial charge < -0.3 is 5.32 Å². The molecule has 1 aromatic heterocycles. The Labute approximate surface area is 159 Å². The van der Waals surface area contributed by atoms with Crippen LogP contribution in [0.2, 0.25) is 0 Å². The predicted octanol–water partition coefficient (Wildman–Crippen LogP) is 2.00. The van der Waals surface area contributed by atoms with Crippen molar-refractivity contribution in [1.29, 1.82) is 0 Å². The third kappa shape index (κ3) is 4.51. The van der Waals surface area contributed by atoms with E-state index in [4.69, 9.17) is 0 Å². The fraction of sp³-hybridized carbons (Fsp3) is 0.316. The average molecular weight is 386 g/mol. The second-order valence-electron chi connectivity index (χ2n) is 6.28. The van der Waals surface area contributed by atoms with Gasteiger partial charge in [-0.1, -0.05) is 38.0 Å². The standard InChI is InChI=1S/C19H22N4O3S/c1-2-3-10-16(19(24)21-13-14-8-6-7-12-20-14)22-18-15-9-4-5-11-17(15)27(25,26)23-18/h4-9,11-12,16H,2-3,10,13H2,1H3,(H,21,24)(H,22,23). The van der Waals surface area contributed by atoms with Gasteiger partial charge in [0.1, 0.15) is 11.9 Å². The van der Waals surface area contributed by atoms with Crippen LogP contribution in [0.3, 0.4) is 0 Å². The van der Waals surface area contributed by atoms with Gasteiger partial charge in [-0.25, -0.2) is 8.42 Å². The number of carbonyl (C=O) groups is 1. The maximum absolute atomic E-state index is 12.7. The Morgan fingerprint density at radius 2 is 2.00 bits per heavy atom. The molecule has 2 N–H and O–H groups in total. The summed E-state index contributed by atoms with van der Waals surface area (Å²) in [5, 5.41) is 2.84. The van der Waals surface area contributed by atoms with Crippen molar-refractivity contribution in [2.24, 2.45) is 4.99 Å². The van der Waals surface area contributed by atoms with E-state index in [9.17, 15) is 13.2 Å². The van der Waals surface area contributed by atoms with E-state index in [0.29, 0.717) is 18.5 Å². The number of benzene rings is 1. The molecule has 0 saturated heterocycles. The topological polar surface area (TPSA) is 101 Å². The second-order valence-corrected chi connectivity index (χ2v) is 7.93. The molecule has 1 aliphatic heterocycles. The molecule has 1 aliphatic rings. The normalized spacial score (nSPS) is 17.1. The first kappa shape index (κ1) is 19.0. The first-order valence-corrected chi connectivity index (χ1v) is 10.4. The second kappa shape index (κ2) is 8.30. The maximum atomic E-state index is 12.7. The number of aliphatic imine (C=N–C) groups is 1. The minimum absolute atomic E-state index is 0.187. The maximum Gasteiger partial charge on any atom is 0.263 e. The number of nitrogens with zero attached hydrogens (tertiary/aromatic N) is 2. The van der Waals surface area contributed by atoms with Crippen LogP contribution in [0, 0.1) is 0 Å². The van der Waals surface area contributed by atoms with Gasteiger partial charge in [0, 0.05) is 11.8 Å². The van der Waals surface area contributed by atoms with Gasteiger partial charge in [0.15, 0.2) is 0 Å². The van der Waals surface area contributed by atoms with Crippen LogP contribution in [0.15, 0.2) is 58.5 Å². The smallest absolute Gasteiger partial charge is 0.263 e. The summed E-state index contributed by atoms with van der Waals surface area (Å²) < 4.78 is 26.9. The SMILES string of the molecule is CCCCC(N=C1NS(=O)(=O)c2ccccc21)C(=O)NCc1ccccn1. The molecule has 1 atom stereocenters. The molecule has 0 aliphatic carbocycles. The number of aromatic nitrogens is 1. The number of amides is 1. The summed E-state index contributed by atoms with van der Waals surface area (Å²) in [5.41, 5.74) is 1.25. The van der Waals surface area contributed by atoms with Crippen LogP contribution in [-0.4, -0.2) is 31.2 Å². The van der Waals surface area contributed by atoms with Crippen LogP contribution in [-0.2, 0) is 21.4 Å². The van der Waals surface area contributed by atoms with Crippen LogP contribution < -0.4 is 10.0 Å². The molecular formula is C19H22N4O3S. The summed E-state index contributed by atoms with van der Waals surface area (Å²) in [7, 11) is -3.62. The van der Waals surface area contributed by atoms with Gasteiger partial charge >= 0.3 is 0 Å². The average Bonchev–Trinajstić information content (AvgIpc) is 2.94. The fourth-order valence-corrected chi connectivity index (χ4v) is 4.07. The molecule has 0 spiro atoms. The summed E-state index contributed by atoms with van der Waals surface area (Å²) in [6, 6.07) is 11.5. The van der Waals surface area contributed by atoms with Crippen molar-refractivity contribution in [2.45, 2.75) is 43.7 Å². The lowest BCUT2D eigenvalue weighted by atomic mass is 10.1.